The fourth-order valence-electron chi connectivity index (χ4n) is 5.67. The molecule has 0 aliphatic carbocycles. The van der Waals surface area contributed by atoms with E-state index in [4.69, 9.17) is 4.74 Å². The van der Waals surface area contributed by atoms with Gasteiger partial charge >= 0.3 is 5.97 Å². The van der Waals surface area contributed by atoms with Gasteiger partial charge in [-0.1, -0.05) is 112 Å². The van der Waals surface area contributed by atoms with Crippen molar-refractivity contribution in [2.45, 2.75) is 58.2 Å². The maximum atomic E-state index is 14.3. The molecule has 5 unspecified atom stereocenters. The predicted molar refractivity (Wildman–Crippen MR) is 152 cm³/mol. The number of nitrogens with one attached hydrogen (secondary N) is 1. The first kappa shape index (κ1) is 28.1. The van der Waals surface area contributed by atoms with Crippen LogP contribution in [0.1, 0.15) is 68.8 Å². The lowest BCUT2D eigenvalue weighted by molar-refractivity contribution is -0.148. The number of carbonyl (C=O) groups is 3. The van der Waals surface area contributed by atoms with Gasteiger partial charge in [-0.25, -0.2) is 0 Å². The summed E-state index contributed by atoms with van der Waals surface area (Å²) in [5.74, 6) is -2.29. The number of methoxy groups -OCH3 is 1. The summed E-state index contributed by atoms with van der Waals surface area (Å²) in [5, 5.41) is 3.15. The molecule has 1 aliphatic rings. The summed E-state index contributed by atoms with van der Waals surface area (Å²) in [7, 11) is 1.36. The predicted octanol–water partition coefficient (Wildman–Crippen LogP) is 5.83. The lowest BCUT2D eigenvalue weighted by atomic mass is 9.79. The second-order valence-corrected chi connectivity index (χ2v) is 11.5. The van der Waals surface area contributed by atoms with E-state index in [-0.39, 0.29) is 29.7 Å². The first-order chi connectivity index (χ1) is 18.6. The molecule has 1 N–H and O–H groups in total. The monoisotopic (exact) mass is 526 g/mol. The summed E-state index contributed by atoms with van der Waals surface area (Å²) < 4.78 is 5.34. The minimum absolute atomic E-state index is 0.170. The third-order valence-electron chi connectivity index (χ3n) is 7.36. The number of amides is 2. The van der Waals surface area contributed by atoms with Crippen molar-refractivity contribution in [1.29, 1.82) is 0 Å². The van der Waals surface area contributed by atoms with E-state index in [0.29, 0.717) is 0 Å². The number of hydrogen-bond acceptors (Lipinski definition) is 4. The molecule has 6 heteroatoms. The molecule has 0 saturated carbocycles. The molecule has 5 atom stereocenters. The van der Waals surface area contributed by atoms with Crippen LogP contribution in [-0.2, 0) is 19.1 Å². The average molecular weight is 527 g/mol. The first-order valence-corrected chi connectivity index (χ1v) is 13.5. The summed E-state index contributed by atoms with van der Waals surface area (Å²) in [5.41, 5.74) is 2.24. The number of likely N-dealkylation sites (tertiary alicyclic amines) is 1. The molecule has 6 nitrogen and oxygen atoms in total. The van der Waals surface area contributed by atoms with Gasteiger partial charge in [-0.3, -0.25) is 14.4 Å². The van der Waals surface area contributed by atoms with E-state index < -0.39 is 29.9 Å². The number of esters is 1. The zero-order chi connectivity index (χ0) is 28.2. The van der Waals surface area contributed by atoms with Crippen LogP contribution in [0.15, 0.2) is 91.0 Å². The van der Waals surface area contributed by atoms with Gasteiger partial charge < -0.3 is 15.0 Å². The SMILES string of the molecule is COC(=O)C1C(c2ccccc2)C(C(=O)NC(C)c2ccccc2)N(C(=O)CC(C)(C)C)C1c1ccccc1. The number of rotatable bonds is 7. The Balaban J connectivity index is 1.89. The van der Waals surface area contributed by atoms with Crippen LogP contribution in [0.3, 0.4) is 0 Å². The zero-order valence-electron chi connectivity index (χ0n) is 23.3. The molecular weight excluding hydrogens is 488 g/mol. The molecule has 0 radical (unpaired) electrons. The summed E-state index contributed by atoms with van der Waals surface area (Å²) >= 11 is 0. The topological polar surface area (TPSA) is 75.7 Å². The second kappa shape index (κ2) is 11.9. The van der Waals surface area contributed by atoms with Crippen LogP contribution in [0.4, 0.5) is 0 Å². The molecule has 204 valence electrons. The van der Waals surface area contributed by atoms with Crippen molar-refractivity contribution in [1.82, 2.24) is 10.2 Å². The van der Waals surface area contributed by atoms with E-state index in [1.165, 1.54) is 7.11 Å². The van der Waals surface area contributed by atoms with Crippen molar-refractivity contribution in [3.63, 3.8) is 0 Å². The van der Waals surface area contributed by atoms with Crippen molar-refractivity contribution in [2.75, 3.05) is 7.11 Å². The summed E-state index contributed by atoms with van der Waals surface area (Å²) in [4.78, 5) is 43.6. The largest absolute Gasteiger partial charge is 0.469 e. The van der Waals surface area contributed by atoms with E-state index in [1.54, 1.807) is 4.90 Å². The Labute approximate surface area is 231 Å². The highest BCUT2D eigenvalue weighted by molar-refractivity contribution is 5.93. The molecule has 1 aliphatic heterocycles. The van der Waals surface area contributed by atoms with Crippen LogP contribution in [0.5, 0.6) is 0 Å². The van der Waals surface area contributed by atoms with Crippen LogP contribution in [0.2, 0.25) is 0 Å². The van der Waals surface area contributed by atoms with E-state index >= 15 is 0 Å². The molecule has 2 amide bonds. The number of nitrogens with zero attached hydrogens (tertiary/aromatic N) is 1. The number of carbonyl (C=O) groups excluding carboxylic acids is 3. The Morgan fingerprint density at radius 2 is 1.36 bits per heavy atom. The summed E-state index contributed by atoms with van der Waals surface area (Å²) in [6.07, 6.45) is 0.226. The fraction of sp³-hybridized carbons (Fsp3) is 0.364. The van der Waals surface area contributed by atoms with Crippen LogP contribution in [0, 0.1) is 11.3 Å². The Bertz CT molecular complexity index is 1270. The van der Waals surface area contributed by atoms with E-state index in [9.17, 15) is 14.4 Å². The lowest BCUT2D eigenvalue weighted by Crippen LogP contribution is -2.49. The highest BCUT2D eigenvalue weighted by Crippen LogP contribution is 2.51. The standard InChI is InChI=1S/C33H38N2O4/c1-22(23-15-9-6-10-16-23)34-31(37)30-27(24-17-11-7-12-18-24)28(32(38)39-5)29(25-19-13-8-14-20-25)35(30)26(36)21-33(2,3)4/h6-20,22,27-30H,21H2,1-5H3,(H,34,37). The molecule has 39 heavy (non-hydrogen) atoms. The van der Waals surface area contributed by atoms with Gasteiger partial charge in [-0.05, 0) is 29.0 Å². The van der Waals surface area contributed by atoms with Gasteiger partial charge in [0.2, 0.25) is 11.8 Å². The van der Waals surface area contributed by atoms with Crippen molar-refractivity contribution in [3.8, 4) is 0 Å². The van der Waals surface area contributed by atoms with E-state index in [2.05, 4.69) is 5.32 Å². The van der Waals surface area contributed by atoms with Gasteiger partial charge in [-0.2, -0.15) is 0 Å². The third kappa shape index (κ3) is 6.22. The van der Waals surface area contributed by atoms with Gasteiger partial charge in [0.05, 0.1) is 25.1 Å². The maximum absolute atomic E-state index is 14.3. The van der Waals surface area contributed by atoms with Gasteiger partial charge in [0.1, 0.15) is 6.04 Å². The lowest BCUT2D eigenvalue weighted by Gasteiger charge is -2.34. The van der Waals surface area contributed by atoms with Gasteiger partial charge in [0, 0.05) is 12.3 Å². The molecule has 0 bridgehead atoms. The van der Waals surface area contributed by atoms with Gasteiger partial charge in [-0.15, -0.1) is 0 Å². The zero-order valence-corrected chi connectivity index (χ0v) is 23.3. The Kier molecular flexibility index (Phi) is 8.54. The van der Waals surface area contributed by atoms with E-state index in [0.717, 1.165) is 16.7 Å². The Morgan fingerprint density at radius 1 is 0.846 bits per heavy atom. The normalized spacial score (nSPS) is 21.7. The molecule has 3 aromatic carbocycles. The van der Waals surface area contributed by atoms with Crippen molar-refractivity contribution < 1.29 is 19.1 Å². The highest BCUT2D eigenvalue weighted by atomic mass is 16.5. The van der Waals surface area contributed by atoms with Crippen LogP contribution >= 0.6 is 0 Å². The molecule has 0 aromatic heterocycles. The molecule has 4 rings (SSSR count). The fourth-order valence-corrected chi connectivity index (χ4v) is 5.67. The molecule has 1 heterocycles. The average Bonchev–Trinajstić information content (AvgIpc) is 3.30. The van der Waals surface area contributed by atoms with Gasteiger partial charge in [0.25, 0.3) is 0 Å². The molecular formula is C33H38N2O4. The third-order valence-corrected chi connectivity index (χ3v) is 7.36. The maximum Gasteiger partial charge on any atom is 0.311 e. The van der Waals surface area contributed by atoms with Crippen LogP contribution in [0.25, 0.3) is 0 Å². The minimum atomic E-state index is -0.914. The Morgan fingerprint density at radius 3 is 1.87 bits per heavy atom. The van der Waals surface area contributed by atoms with Gasteiger partial charge in [0.15, 0.2) is 0 Å². The number of hydrogen-bond donors (Lipinski definition) is 1. The number of ether oxygens (including phenoxy) is 1. The van der Waals surface area contributed by atoms with Crippen molar-refractivity contribution >= 4 is 17.8 Å². The minimum Gasteiger partial charge on any atom is -0.469 e. The van der Waals surface area contributed by atoms with Crippen molar-refractivity contribution in [3.05, 3.63) is 108 Å². The molecule has 0 spiro atoms. The van der Waals surface area contributed by atoms with E-state index in [1.807, 2.05) is 119 Å². The highest BCUT2D eigenvalue weighted by Gasteiger charge is 2.58. The van der Waals surface area contributed by atoms with Crippen LogP contribution in [-0.4, -0.2) is 35.8 Å². The summed E-state index contributed by atoms with van der Waals surface area (Å²) in [6, 6.07) is 26.8. The molecule has 1 fully saturated rings. The quantitative estimate of drug-likeness (QED) is 0.394. The first-order valence-electron chi connectivity index (χ1n) is 13.5. The summed E-state index contributed by atoms with van der Waals surface area (Å²) in [6.45, 7) is 7.92. The smallest absolute Gasteiger partial charge is 0.311 e. The second-order valence-electron chi connectivity index (χ2n) is 11.5. The number of benzene rings is 3. The van der Waals surface area contributed by atoms with Crippen molar-refractivity contribution in [2.24, 2.45) is 11.3 Å². The van der Waals surface area contributed by atoms with Crippen LogP contribution < -0.4 is 5.32 Å². The molecule has 3 aromatic rings. The molecule has 1 saturated heterocycles. The Hall–Kier alpha value is -3.93.